The largest absolute Gasteiger partial charge is 0.353 e. The summed E-state index contributed by atoms with van der Waals surface area (Å²) < 4.78 is 14.8. The summed E-state index contributed by atoms with van der Waals surface area (Å²) in [6, 6.07) is 54.1. The lowest BCUT2D eigenvalue weighted by molar-refractivity contribution is 0.632. The predicted molar refractivity (Wildman–Crippen MR) is 165 cm³/mol. The van der Waals surface area contributed by atoms with Crippen LogP contribution in [0.25, 0.3) is 0 Å². The van der Waals surface area contributed by atoms with E-state index in [9.17, 15) is 4.39 Å². The molecule has 0 spiro atoms. The average Bonchev–Trinajstić information content (AvgIpc) is 3.01. The molecule has 0 atom stereocenters. The highest BCUT2D eigenvalue weighted by atomic mass is 19.1. The maximum Gasteiger partial charge on any atom is 0.146 e. The first-order chi connectivity index (χ1) is 19.8. The van der Waals surface area contributed by atoms with Crippen molar-refractivity contribution in [2.75, 3.05) is 15.1 Å². The molecule has 0 aliphatic heterocycles. The van der Waals surface area contributed by atoms with Gasteiger partial charge >= 0.3 is 0 Å². The molecule has 0 amide bonds. The average molecular weight is 522 g/mol. The van der Waals surface area contributed by atoms with E-state index in [1.807, 2.05) is 78.9 Å². The van der Waals surface area contributed by atoms with Crippen molar-refractivity contribution >= 4 is 45.5 Å². The molecule has 4 heteroatoms. The molecule has 6 aromatic rings. The smallest absolute Gasteiger partial charge is 0.146 e. The Labute approximate surface area is 234 Å². The van der Waals surface area contributed by atoms with Crippen LogP contribution in [0.2, 0.25) is 0 Å². The molecule has 0 aromatic heterocycles. The van der Waals surface area contributed by atoms with E-state index in [-0.39, 0.29) is 5.82 Å². The van der Waals surface area contributed by atoms with Gasteiger partial charge in [-0.3, -0.25) is 0 Å². The van der Waals surface area contributed by atoms with Crippen molar-refractivity contribution in [1.82, 2.24) is 0 Å². The molecule has 0 bridgehead atoms. The molecule has 40 heavy (non-hydrogen) atoms. The fourth-order valence-corrected chi connectivity index (χ4v) is 4.85. The molecule has 6 rings (SSSR count). The van der Waals surface area contributed by atoms with Crippen LogP contribution >= 0.6 is 0 Å². The number of nitrogens with zero attached hydrogens (tertiary/aromatic N) is 2. The molecule has 0 aliphatic rings. The van der Waals surface area contributed by atoms with Gasteiger partial charge in [0.1, 0.15) is 5.82 Å². The highest BCUT2D eigenvalue weighted by Crippen LogP contribution is 2.42. The minimum Gasteiger partial charge on any atom is -0.353 e. The normalized spacial score (nSPS) is 10.6. The Bertz CT molecular complexity index is 1490. The van der Waals surface area contributed by atoms with Crippen molar-refractivity contribution < 1.29 is 4.39 Å². The Hall–Kier alpha value is -5.35. The van der Waals surface area contributed by atoms with Crippen molar-refractivity contribution in [3.8, 4) is 0 Å². The predicted octanol–water partition coefficient (Wildman–Crippen LogP) is 10.5. The first-order valence-electron chi connectivity index (χ1n) is 13.2. The number of rotatable bonds is 8. The molecule has 0 aliphatic carbocycles. The molecule has 0 radical (unpaired) electrons. The summed E-state index contributed by atoms with van der Waals surface area (Å²) in [4.78, 5) is 4.42. The van der Waals surface area contributed by atoms with Crippen LogP contribution in [0.1, 0.15) is 0 Å². The topological polar surface area (TPSA) is 18.5 Å². The van der Waals surface area contributed by atoms with Crippen molar-refractivity contribution in [3.63, 3.8) is 0 Å². The minimum absolute atomic E-state index is 0.305. The van der Waals surface area contributed by atoms with Crippen LogP contribution in [0.15, 0.2) is 164 Å². The zero-order chi connectivity index (χ0) is 27.1. The van der Waals surface area contributed by atoms with Gasteiger partial charge in [0, 0.05) is 28.4 Å². The molecule has 1 N–H and O–H groups in total. The van der Waals surface area contributed by atoms with Gasteiger partial charge in [0.15, 0.2) is 0 Å². The Morgan fingerprint density at radius 2 is 0.725 bits per heavy atom. The molecule has 0 heterocycles. The van der Waals surface area contributed by atoms with Crippen LogP contribution in [-0.2, 0) is 0 Å². The molecule has 6 aromatic carbocycles. The number of benzene rings is 6. The molecule has 0 fully saturated rings. The lowest BCUT2D eigenvalue weighted by Crippen LogP contribution is -2.14. The second-order valence-electron chi connectivity index (χ2n) is 9.36. The number of hydrogen-bond acceptors (Lipinski definition) is 3. The van der Waals surface area contributed by atoms with Gasteiger partial charge < -0.3 is 15.1 Å². The SMILES string of the molecule is Fc1ccccc1Nc1cc(N(c2ccccc2)c2ccccc2)cc(N(c2ccccc2)c2ccccc2)c1. The molecule has 3 nitrogen and oxygen atoms in total. The summed E-state index contributed by atoms with van der Waals surface area (Å²) >= 11 is 0. The third kappa shape index (κ3) is 5.42. The zero-order valence-corrected chi connectivity index (χ0v) is 21.9. The maximum atomic E-state index is 14.8. The Morgan fingerprint density at radius 1 is 0.375 bits per heavy atom. The van der Waals surface area contributed by atoms with Crippen LogP contribution < -0.4 is 15.1 Å². The highest BCUT2D eigenvalue weighted by Gasteiger charge is 2.19. The summed E-state index contributed by atoms with van der Waals surface area (Å²) in [5, 5.41) is 3.34. The summed E-state index contributed by atoms with van der Waals surface area (Å²) in [6.07, 6.45) is 0. The summed E-state index contributed by atoms with van der Waals surface area (Å²) in [6.45, 7) is 0. The zero-order valence-electron chi connectivity index (χ0n) is 21.9. The third-order valence-electron chi connectivity index (χ3n) is 6.63. The molecule has 194 valence electrons. The van der Waals surface area contributed by atoms with Gasteiger partial charge in [-0.15, -0.1) is 0 Å². The van der Waals surface area contributed by atoms with Crippen molar-refractivity contribution in [2.45, 2.75) is 0 Å². The lowest BCUT2D eigenvalue weighted by atomic mass is 10.1. The number of hydrogen-bond donors (Lipinski definition) is 1. The van der Waals surface area contributed by atoms with E-state index in [1.54, 1.807) is 12.1 Å². The molecule has 0 saturated carbocycles. The molecule has 0 unspecified atom stereocenters. The monoisotopic (exact) mass is 521 g/mol. The van der Waals surface area contributed by atoms with Crippen molar-refractivity contribution in [2.24, 2.45) is 0 Å². The van der Waals surface area contributed by atoms with Gasteiger partial charge in [0.25, 0.3) is 0 Å². The van der Waals surface area contributed by atoms with E-state index in [4.69, 9.17) is 0 Å². The van der Waals surface area contributed by atoms with E-state index in [0.29, 0.717) is 5.69 Å². The summed E-state index contributed by atoms with van der Waals surface area (Å²) in [5.41, 5.74) is 7.15. The molecule has 0 saturated heterocycles. The maximum absolute atomic E-state index is 14.8. The minimum atomic E-state index is -0.305. The van der Waals surface area contributed by atoms with Crippen LogP contribution in [0.4, 0.5) is 49.9 Å². The molecular formula is C36H28FN3. The van der Waals surface area contributed by atoms with E-state index in [0.717, 1.165) is 39.8 Å². The van der Waals surface area contributed by atoms with E-state index in [2.05, 4.69) is 81.8 Å². The van der Waals surface area contributed by atoms with Gasteiger partial charge in [0.2, 0.25) is 0 Å². The Morgan fingerprint density at radius 3 is 1.10 bits per heavy atom. The fourth-order valence-electron chi connectivity index (χ4n) is 4.85. The van der Waals surface area contributed by atoms with Crippen LogP contribution in [0.5, 0.6) is 0 Å². The molecular weight excluding hydrogens is 493 g/mol. The van der Waals surface area contributed by atoms with Gasteiger partial charge in [-0.25, -0.2) is 4.39 Å². The van der Waals surface area contributed by atoms with Crippen molar-refractivity contribution in [3.05, 3.63) is 170 Å². The standard InChI is InChI=1S/C36H28FN3/c37-35-23-13-14-24-36(35)38-28-25-33(39(29-15-5-1-6-16-29)30-17-7-2-8-18-30)27-34(26-28)40(31-19-9-3-10-20-31)32-21-11-4-12-22-32/h1-27,38H. The van der Waals surface area contributed by atoms with Crippen LogP contribution in [-0.4, -0.2) is 0 Å². The quantitative estimate of drug-likeness (QED) is 0.215. The second kappa shape index (κ2) is 11.6. The van der Waals surface area contributed by atoms with Gasteiger partial charge in [-0.05, 0) is 78.9 Å². The highest BCUT2D eigenvalue weighted by molar-refractivity contribution is 5.86. The lowest BCUT2D eigenvalue weighted by Gasteiger charge is -2.30. The van der Waals surface area contributed by atoms with Gasteiger partial charge in [-0.1, -0.05) is 84.9 Å². The Kier molecular flexibility index (Phi) is 7.23. The van der Waals surface area contributed by atoms with E-state index in [1.165, 1.54) is 6.07 Å². The number of halogens is 1. The first-order valence-corrected chi connectivity index (χ1v) is 13.2. The van der Waals surface area contributed by atoms with E-state index >= 15 is 0 Å². The van der Waals surface area contributed by atoms with Crippen molar-refractivity contribution in [1.29, 1.82) is 0 Å². The summed E-state index contributed by atoms with van der Waals surface area (Å²) in [7, 11) is 0. The second-order valence-corrected chi connectivity index (χ2v) is 9.36. The van der Waals surface area contributed by atoms with Crippen LogP contribution in [0.3, 0.4) is 0 Å². The van der Waals surface area contributed by atoms with Crippen LogP contribution in [0, 0.1) is 5.82 Å². The first kappa shape index (κ1) is 25.0. The summed E-state index contributed by atoms with van der Waals surface area (Å²) in [5.74, 6) is -0.305. The van der Waals surface area contributed by atoms with Gasteiger partial charge in [-0.2, -0.15) is 0 Å². The third-order valence-corrected chi connectivity index (χ3v) is 6.63. The van der Waals surface area contributed by atoms with Gasteiger partial charge in [0.05, 0.1) is 17.1 Å². The fraction of sp³-hybridized carbons (Fsp3) is 0. The Balaban J connectivity index is 1.58. The number of nitrogens with one attached hydrogen (secondary N) is 1. The number of anilines is 8. The number of para-hydroxylation sites is 5. The van der Waals surface area contributed by atoms with E-state index < -0.39 is 0 Å².